The van der Waals surface area contributed by atoms with Crippen LogP contribution in [0.25, 0.3) is 0 Å². The van der Waals surface area contributed by atoms with E-state index in [4.69, 9.17) is 9.47 Å². The molecule has 0 bridgehead atoms. The number of amides is 3. The number of non-ortho nitro benzene ring substituents is 1. The summed E-state index contributed by atoms with van der Waals surface area (Å²) in [6, 6.07) is 19.3. The molecule has 1 spiro atoms. The van der Waals surface area contributed by atoms with Gasteiger partial charge in [-0.25, -0.2) is 0 Å². The second-order valence-corrected chi connectivity index (χ2v) is 18.8. The molecule has 6 N–H and O–H groups in total. The van der Waals surface area contributed by atoms with Crippen LogP contribution in [-0.2, 0) is 42.5 Å². The van der Waals surface area contributed by atoms with Crippen molar-refractivity contribution in [2.45, 2.75) is 87.5 Å². The van der Waals surface area contributed by atoms with Gasteiger partial charge in [-0.2, -0.15) is 0 Å². The summed E-state index contributed by atoms with van der Waals surface area (Å²) in [6.45, 7) is 4.32. The van der Waals surface area contributed by atoms with E-state index >= 15 is 4.11 Å². The number of halogens is 1. The topological polar surface area (TPSA) is 232 Å². The molecular formula is C38H45FN4O12Si. The van der Waals surface area contributed by atoms with Gasteiger partial charge in [-0.3, -0.25) is 24.5 Å². The summed E-state index contributed by atoms with van der Waals surface area (Å²) < 4.78 is 28.1. The van der Waals surface area contributed by atoms with Crippen molar-refractivity contribution in [1.29, 1.82) is 0 Å². The summed E-state index contributed by atoms with van der Waals surface area (Å²) in [6.07, 6.45) is -10.6. The average Bonchev–Trinajstić information content (AvgIpc) is 3.58. The first-order valence-electron chi connectivity index (χ1n) is 18.2. The fraction of sp³-hybridized carbons (Fsp3) is 0.447. The van der Waals surface area contributed by atoms with Gasteiger partial charge in [0.25, 0.3) is 17.5 Å². The zero-order chi connectivity index (χ0) is 40.7. The van der Waals surface area contributed by atoms with Gasteiger partial charge in [-0.05, 0) is 42.4 Å². The van der Waals surface area contributed by atoms with Crippen LogP contribution in [-0.4, -0.2) is 111 Å². The Bertz CT molecular complexity index is 1970. The van der Waals surface area contributed by atoms with Gasteiger partial charge in [-0.15, -0.1) is 0 Å². The molecular weight excluding hydrogens is 752 g/mol. The van der Waals surface area contributed by atoms with Crippen molar-refractivity contribution in [2.24, 2.45) is 5.92 Å². The Balaban J connectivity index is 1.31. The number of carbonyl (C=O) groups is 3. The Labute approximate surface area is 322 Å². The summed E-state index contributed by atoms with van der Waals surface area (Å²) in [5.41, 5.74) is -1.23. The Morgan fingerprint density at radius 3 is 2.36 bits per heavy atom. The zero-order valence-electron chi connectivity index (χ0n) is 30.9. The maximum atomic E-state index is 16.5. The number of hydrogen-bond acceptors (Lipinski definition) is 12. The van der Waals surface area contributed by atoms with Gasteiger partial charge in [-0.1, -0.05) is 49.4 Å². The van der Waals surface area contributed by atoms with Crippen LogP contribution in [0, 0.1) is 16.0 Å². The second kappa shape index (κ2) is 16.1. The third kappa shape index (κ3) is 7.70. The lowest BCUT2D eigenvalue weighted by Crippen LogP contribution is -2.60. The first kappa shape index (κ1) is 41.0. The van der Waals surface area contributed by atoms with E-state index in [1.54, 1.807) is 19.1 Å². The smallest absolute Gasteiger partial charge is 0.269 e. The van der Waals surface area contributed by atoms with Gasteiger partial charge in [0.05, 0.1) is 36.3 Å². The van der Waals surface area contributed by atoms with E-state index in [9.17, 15) is 50.0 Å². The van der Waals surface area contributed by atoms with E-state index in [1.165, 1.54) is 53.2 Å². The van der Waals surface area contributed by atoms with E-state index in [0.29, 0.717) is 5.56 Å². The first-order valence-corrected chi connectivity index (χ1v) is 21.1. The monoisotopic (exact) mass is 796 g/mol. The number of rotatable bonds is 12. The number of hydrogen-bond donors (Lipinski definition) is 6. The number of fused-ring (bicyclic) bond motifs is 2. The van der Waals surface area contributed by atoms with Crippen LogP contribution in [0.4, 0.5) is 21.2 Å². The minimum Gasteiger partial charge on any atom is -0.395 e. The lowest BCUT2D eigenvalue weighted by atomic mass is 9.82. The Morgan fingerprint density at radius 1 is 1.00 bits per heavy atom. The number of nitro groups is 1. The number of benzene rings is 3. The molecule has 3 aromatic rings. The van der Waals surface area contributed by atoms with Crippen molar-refractivity contribution in [3.63, 3.8) is 0 Å². The maximum Gasteiger partial charge on any atom is 0.269 e. The van der Waals surface area contributed by atoms with Crippen molar-refractivity contribution < 1.29 is 58.4 Å². The van der Waals surface area contributed by atoms with Crippen LogP contribution in [0.2, 0.25) is 18.6 Å². The van der Waals surface area contributed by atoms with E-state index in [1.807, 2.05) is 30.3 Å². The number of anilines is 2. The molecule has 2 saturated heterocycles. The molecule has 6 rings (SSSR count). The highest BCUT2D eigenvalue weighted by Gasteiger charge is 2.67. The Morgan fingerprint density at radius 2 is 1.70 bits per heavy atom. The standard InChI is InChI=1S/C38H45FN4O12Si/c1-21-34(56(2,3)39)28(18-29(45)41(14-15-44)19-22-8-5-4-6-9-22)55-38(21)26-17-25(43(52)53)12-13-27(26)42(37(38)51)20-23-10-7-11-24(16-23)40-35(49)33-31(47)30(46)32(48)36(50)54-33/h4-13,16-17,21,28,30-34,36,44,46-48,50H,14-15,18-20H2,1-3H3,(H,40,49)/t21-,28+,30+,31+,32-,33+,34-,36-,38+/m1/s1. The van der Waals surface area contributed by atoms with Crippen LogP contribution in [0.5, 0.6) is 0 Å². The van der Waals surface area contributed by atoms with Crippen LogP contribution in [0.1, 0.15) is 30.0 Å². The molecule has 9 atom stereocenters. The minimum absolute atomic E-state index is 0.00477. The molecule has 56 heavy (non-hydrogen) atoms. The van der Waals surface area contributed by atoms with E-state index < -0.39 is 84.9 Å². The third-order valence-corrected chi connectivity index (χ3v) is 13.3. The molecule has 2 fully saturated rings. The van der Waals surface area contributed by atoms with Gasteiger partial charge < -0.3 is 54.2 Å². The summed E-state index contributed by atoms with van der Waals surface area (Å²) in [7, 11) is -3.74. The molecule has 3 amide bonds. The van der Waals surface area contributed by atoms with Crippen molar-refractivity contribution in [1.82, 2.24) is 4.90 Å². The van der Waals surface area contributed by atoms with E-state index in [2.05, 4.69) is 5.32 Å². The number of carbonyl (C=O) groups excluding carboxylic acids is 3. The summed E-state index contributed by atoms with van der Waals surface area (Å²) in [5, 5.41) is 64.3. The highest BCUT2D eigenvalue weighted by Crippen LogP contribution is 2.60. The molecule has 3 aromatic carbocycles. The zero-order valence-corrected chi connectivity index (χ0v) is 31.9. The molecule has 0 aromatic heterocycles. The van der Waals surface area contributed by atoms with E-state index in [-0.39, 0.29) is 55.3 Å². The van der Waals surface area contributed by atoms with Gasteiger partial charge in [0.2, 0.25) is 14.3 Å². The van der Waals surface area contributed by atoms with Crippen molar-refractivity contribution >= 4 is 43.2 Å². The molecule has 3 aliphatic heterocycles. The van der Waals surface area contributed by atoms with Crippen LogP contribution in [0.15, 0.2) is 72.8 Å². The molecule has 18 heteroatoms. The highest BCUT2D eigenvalue weighted by molar-refractivity contribution is 6.72. The predicted octanol–water partition coefficient (Wildman–Crippen LogP) is 2.07. The SMILES string of the molecule is C[C@@H]1[C@@H]([Si](C)(C)F)[C@H](CC(=O)N(CCO)Cc2ccccc2)O[C@@]12C(=O)N(Cc1cccc(NC(=O)[C@H]3O[C@@H](O)[C@H](O)[C@@H](O)[C@@H]3O)c1)c1ccc([N+](=O)[O-])cc12. The fourth-order valence-electron chi connectivity index (χ4n) is 8.24. The Kier molecular flexibility index (Phi) is 11.8. The van der Waals surface area contributed by atoms with Crippen molar-refractivity contribution in [3.8, 4) is 0 Å². The lowest BCUT2D eigenvalue weighted by molar-refractivity contribution is -0.385. The molecule has 0 radical (unpaired) electrons. The van der Waals surface area contributed by atoms with Gasteiger partial charge >= 0.3 is 0 Å². The largest absolute Gasteiger partial charge is 0.395 e. The third-order valence-electron chi connectivity index (χ3n) is 10.9. The first-order chi connectivity index (χ1) is 26.5. The summed E-state index contributed by atoms with van der Waals surface area (Å²) in [4.78, 5) is 56.0. The number of aliphatic hydroxyl groups excluding tert-OH is 5. The lowest BCUT2D eigenvalue weighted by Gasteiger charge is -2.37. The minimum atomic E-state index is -3.74. The normalized spacial score (nSPS) is 28.7. The quantitative estimate of drug-likeness (QED) is 0.0670. The number of nitrogens with zero attached hydrogens (tertiary/aromatic N) is 3. The molecule has 3 heterocycles. The average molecular weight is 797 g/mol. The molecule has 0 saturated carbocycles. The van der Waals surface area contributed by atoms with Crippen LogP contribution < -0.4 is 10.2 Å². The Hall–Kier alpha value is -4.66. The highest BCUT2D eigenvalue weighted by atomic mass is 28.4. The number of nitrogens with one attached hydrogen (secondary N) is 1. The van der Waals surface area contributed by atoms with Crippen molar-refractivity contribution in [2.75, 3.05) is 23.4 Å². The second-order valence-electron chi connectivity index (χ2n) is 15.0. The molecule has 0 unspecified atom stereocenters. The maximum absolute atomic E-state index is 16.5. The van der Waals surface area contributed by atoms with Gasteiger partial charge in [0.1, 0.15) is 18.3 Å². The molecule has 3 aliphatic rings. The van der Waals surface area contributed by atoms with Crippen molar-refractivity contribution in [3.05, 3.63) is 99.6 Å². The number of ether oxygens (including phenoxy) is 2. The van der Waals surface area contributed by atoms with Gasteiger partial charge in [0, 0.05) is 47.9 Å². The molecule has 300 valence electrons. The number of nitro benzene ring substituents is 1. The van der Waals surface area contributed by atoms with E-state index in [0.717, 1.165) is 5.56 Å². The van der Waals surface area contributed by atoms with Crippen LogP contribution in [0.3, 0.4) is 0 Å². The number of aliphatic hydroxyl groups is 5. The van der Waals surface area contributed by atoms with Gasteiger partial charge in [0.15, 0.2) is 18.0 Å². The summed E-state index contributed by atoms with van der Waals surface area (Å²) in [5.74, 6) is -2.85. The van der Waals surface area contributed by atoms with Crippen LogP contribution >= 0.6 is 0 Å². The molecule has 0 aliphatic carbocycles. The fourth-order valence-corrected chi connectivity index (χ4v) is 10.7. The molecule has 16 nitrogen and oxygen atoms in total. The summed E-state index contributed by atoms with van der Waals surface area (Å²) >= 11 is 0. The predicted molar refractivity (Wildman–Crippen MR) is 200 cm³/mol.